The van der Waals surface area contributed by atoms with Gasteiger partial charge in [-0.2, -0.15) is 5.10 Å². The maximum Gasteiger partial charge on any atom is 0.0538 e. The van der Waals surface area contributed by atoms with E-state index in [1.807, 2.05) is 24.3 Å². The minimum atomic E-state index is 1.01. The van der Waals surface area contributed by atoms with E-state index in [0.717, 1.165) is 16.6 Å². The van der Waals surface area contributed by atoms with Crippen LogP contribution in [-0.2, 0) is 0 Å². The Morgan fingerprint density at radius 1 is 1.00 bits per heavy atom. The van der Waals surface area contributed by atoms with Crippen LogP contribution in [0.3, 0.4) is 0 Å². The number of nitrogens with one attached hydrogen (secondary N) is 1. The number of hydrogen-bond donors (Lipinski definition) is 2. The minimum absolute atomic E-state index is 1.01. The van der Waals surface area contributed by atoms with Crippen molar-refractivity contribution < 1.29 is 0 Å². The van der Waals surface area contributed by atoms with Gasteiger partial charge in [0.15, 0.2) is 0 Å². The Morgan fingerprint density at radius 3 is 2.69 bits per heavy atom. The highest BCUT2D eigenvalue weighted by Gasteiger charge is 2.03. The van der Waals surface area contributed by atoms with Crippen molar-refractivity contribution >= 4 is 28.0 Å². The molecule has 0 fully saturated rings. The minimum Gasteiger partial charge on any atom is -0.355 e. The molecule has 0 saturated carbocycles. The molecule has 1 aromatic heterocycles. The second-order valence-corrected chi connectivity index (χ2v) is 3.75. The molecule has 0 amide bonds. The quantitative estimate of drug-likeness (QED) is 0.361. The first-order valence-corrected chi connectivity index (χ1v) is 5.12. The van der Waals surface area contributed by atoms with E-state index in [0.29, 0.717) is 0 Å². The SMILES string of the molecule is NN=Cc1ccc2[nH]c3ccccc3c2c1. The van der Waals surface area contributed by atoms with Gasteiger partial charge in [-0.25, -0.2) is 0 Å². The van der Waals surface area contributed by atoms with Crippen molar-refractivity contribution in [3.63, 3.8) is 0 Å². The van der Waals surface area contributed by atoms with Crippen LogP contribution in [0.2, 0.25) is 0 Å². The zero-order valence-electron chi connectivity index (χ0n) is 8.64. The first-order chi connectivity index (χ1) is 7.88. The number of aromatic amines is 1. The summed E-state index contributed by atoms with van der Waals surface area (Å²) in [7, 11) is 0. The Bertz CT molecular complexity index is 680. The van der Waals surface area contributed by atoms with Crippen molar-refractivity contribution in [3.8, 4) is 0 Å². The van der Waals surface area contributed by atoms with Gasteiger partial charge in [0.1, 0.15) is 0 Å². The molecule has 0 bridgehead atoms. The molecule has 3 nitrogen and oxygen atoms in total. The van der Waals surface area contributed by atoms with Gasteiger partial charge >= 0.3 is 0 Å². The van der Waals surface area contributed by atoms with Crippen molar-refractivity contribution in [2.45, 2.75) is 0 Å². The first-order valence-electron chi connectivity index (χ1n) is 5.12. The van der Waals surface area contributed by atoms with Gasteiger partial charge in [0.2, 0.25) is 0 Å². The molecular formula is C13H11N3. The number of fused-ring (bicyclic) bond motifs is 3. The maximum absolute atomic E-state index is 5.15. The van der Waals surface area contributed by atoms with Crippen molar-refractivity contribution in [3.05, 3.63) is 48.0 Å². The molecule has 3 aromatic rings. The number of nitrogens with zero attached hydrogens (tertiary/aromatic N) is 1. The van der Waals surface area contributed by atoms with Crippen LogP contribution in [0.25, 0.3) is 21.8 Å². The number of rotatable bonds is 1. The molecule has 0 aliphatic heterocycles. The monoisotopic (exact) mass is 209 g/mol. The van der Waals surface area contributed by atoms with E-state index < -0.39 is 0 Å². The van der Waals surface area contributed by atoms with E-state index in [1.54, 1.807) is 6.21 Å². The number of hydrazone groups is 1. The van der Waals surface area contributed by atoms with E-state index in [-0.39, 0.29) is 0 Å². The molecule has 16 heavy (non-hydrogen) atoms. The molecule has 0 saturated heterocycles. The molecule has 0 atom stereocenters. The first kappa shape index (κ1) is 8.97. The molecular weight excluding hydrogens is 198 g/mol. The highest BCUT2D eigenvalue weighted by molar-refractivity contribution is 6.08. The van der Waals surface area contributed by atoms with E-state index in [4.69, 9.17) is 5.84 Å². The summed E-state index contributed by atoms with van der Waals surface area (Å²) >= 11 is 0. The third-order valence-corrected chi connectivity index (χ3v) is 2.75. The maximum atomic E-state index is 5.15. The lowest BCUT2D eigenvalue weighted by Crippen LogP contribution is -1.85. The van der Waals surface area contributed by atoms with Crippen LogP contribution in [-0.4, -0.2) is 11.2 Å². The fourth-order valence-corrected chi connectivity index (χ4v) is 2.03. The zero-order chi connectivity index (χ0) is 11.0. The van der Waals surface area contributed by atoms with Gasteiger partial charge in [-0.1, -0.05) is 24.3 Å². The van der Waals surface area contributed by atoms with Crippen LogP contribution in [0, 0.1) is 0 Å². The topological polar surface area (TPSA) is 54.2 Å². The van der Waals surface area contributed by atoms with Gasteiger partial charge in [0.05, 0.1) is 6.21 Å². The summed E-state index contributed by atoms with van der Waals surface area (Å²) in [6.07, 6.45) is 1.65. The fourth-order valence-electron chi connectivity index (χ4n) is 2.03. The van der Waals surface area contributed by atoms with Gasteiger partial charge in [0.25, 0.3) is 0 Å². The van der Waals surface area contributed by atoms with Crippen molar-refractivity contribution in [2.75, 3.05) is 0 Å². The van der Waals surface area contributed by atoms with Crippen LogP contribution < -0.4 is 5.84 Å². The summed E-state index contributed by atoms with van der Waals surface area (Å²) in [6.45, 7) is 0. The molecule has 3 N–H and O–H groups in total. The molecule has 0 unspecified atom stereocenters. The average Bonchev–Trinajstić information content (AvgIpc) is 2.68. The molecule has 0 radical (unpaired) electrons. The molecule has 78 valence electrons. The molecule has 0 aliphatic carbocycles. The normalized spacial score (nSPS) is 11.8. The summed E-state index contributed by atoms with van der Waals surface area (Å²) in [5.41, 5.74) is 3.30. The predicted molar refractivity (Wildman–Crippen MR) is 67.6 cm³/mol. The van der Waals surface area contributed by atoms with Crippen LogP contribution in [0.4, 0.5) is 0 Å². The summed E-state index contributed by atoms with van der Waals surface area (Å²) in [5, 5.41) is 5.97. The van der Waals surface area contributed by atoms with Crippen molar-refractivity contribution in [1.82, 2.24) is 4.98 Å². The third kappa shape index (κ3) is 1.26. The summed E-state index contributed by atoms with van der Waals surface area (Å²) < 4.78 is 0. The number of H-pyrrole nitrogens is 1. The molecule has 0 spiro atoms. The second kappa shape index (κ2) is 3.38. The van der Waals surface area contributed by atoms with E-state index in [2.05, 4.69) is 28.3 Å². The highest BCUT2D eigenvalue weighted by atomic mass is 15.1. The Balaban J connectivity index is 2.39. The summed E-state index contributed by atoms with van der Waals surface area (Å²) in [4.78, 5) is 3.37. The standard InChI is InChI=1S/C13H11N3/c14-15-8-9-5-6-13-11(7-9)10-3-1-2-4-12(10)16-13/h1-8,16H,14H2. The van der Waals surface area contributed by atoms with Crippen molar-refractivity contribution in [1.29, 1.82) is 0 Å². The number of hydrogen-bond acceptors (Lipinski definition) is 2. The number of aromatic nitrogens is 1. The van der Waals surface area contributed by atoms with Crippen LogP contribution in [0.1, 0.15) is 5.56 Å². The lowest BCUT2D eigenvalue weighted by Gasteiger charge is -1.93. The van der Waals surface area contributed by atoms with Crippen LogP contribution in [0.5, 0.6) is 0 Å². The average molecular weight is 209 g/mol. The van der Waals surface area contributed by atoms with E-state index >= 15 is 0 Å². The lowest BCUT2D eigenvalue weighted by atomic mass is 10.1. The number of benzene rings is 2. The molecule has 3 heteroatoms. The van der Waals surface area contributed by atoms with Gasteiger partial charge < -0.3 is 10.8 Å². The predicted octanol–water partition coefficient (Wildman–Crippen LogP) is 2.61. The lowest BCUT2D eigenvalue weighted by molar-refractivity contribution is 1.26. The Morgan fingerprint density at radius 2 is 1.81 bits per heavy atom. The van der Waals surface area contributed by atoms with Gasteiger partial charge in [-0.05, 0) is 23.8 Å². The van der Waals surface area contributed by atoms with Gasteiger partial charge in [0, 0.05) is 21.8 Å². The zero-order valence-corrected chi connectivity index (χ0v) is 8.64. The molecule has 1 heterocycles. The highest BCUT2D eigenvalue weighted by Crippen LogP contribution is 2.25. The molecule has 2 aromatic carbocycles. The number of nitrogens with two attached hydrogens (primary N) is 1. The third-order valence-electron chi connectivity index (χ3n) is 2.75. The van der Waals surface area contributed by atoms with E-state index in [1.165, 1.54) is 10.8 Å². The van der Waals surface area contributed by atoms with Gasteiger partial charge in [-0.3, -0.25) is 0 Å². The smallest absolute Gasteiger partial charge is 0.0538 e. The van der Waals surface area contributed by atoms with Gasteiger partial charge in [-0.15, -0.1) is 0 Å². The Labute approximate surface area is 92.6 Å². The summed E-state index contributed by atoms with van der Waals surface area (Å²) in [5.74, 6) is 5.15. The molecule has 0 aliphatic rings. The van der Waals surface area contributed by atoms with Crippen LogP contribution >= 0.6 is 0 Å². The van der Waals surface area contributed by atoms with Crippen molar-refractivity contribution in [2.24, 2.45) is 10.9 Å². The second-order valence-electron chi connectivity index (χ2n) is 3.75. The Kier molecular flexibility index (Phi) is 1.90. The Hall–Kier alpha value is -2.29. The molecule has 3 rings (SSSR count). The number of para-hydroxylation sites is 1. The largest absolute Gasteiger partial charge is 0.355 e. The fraction of sp³-hybridized carbons (Fsp3) is 0. The van der Waals surface area contributed by atoms with E-state index in [9.17, 15) is 0 Å². The van der Waals surface area contributed by atoms with Crippen LogP contribution in [0.15, 0.2) is 47.6 Å². The summed E-state index contributed by atoms with van der Waals surface area (Å²) in [6, 6.07) is 14.4.